The Bertz CT molecular complexity index is 1380. The molecule has 0 bridgehead atoms. The highest BCUT2D eigenvalue weighted by Gasteiger charge is 2.13. The van der Waals surface area contributed by atoms with E-state index >= 15 is 0 Å². The van der Waals surface area contributed by atoms with Gasteiger partial charge >= 0.3 is 0 Å². The van der Waals surface area contributed by atoms with Crippen LogP contribution in [0.1, 0.15) is 27.2 Å². The lowest BCUT2D eigenvalue weighted by molar-refractivity contribution is 0.102. The number of benzene rings is 3. The molecule has 35 heavy (non-hydrogen) atoms. The first-order chi connectivity index (χ1) is 16.7. The maximum Gasteiger partial charge on any atom is 0.256 e. The number of carbonyl (C=O) groups is 1. The van der Waals surface area contributed by atoms with Crippen LogP contribution in [0.2, 0.25) is 20.1 Å². The third kappa shape index (κ3) is 6.27. The summed E-state index contributed by atoms with van der Waals surface area (Å²) in [4.78, 5) is 12.8. The van der Waals surface area contributed by atoms with E-state index in [1.807, 2.05) is 13.0 Å². The molecule has 5 nitrogen and oxygen atoms in total. The van der Waals surface area contributed by atoms with Crippen LogP contribution in [0, 0.1) is 12.7 Å². The molecule has 0 unspecified atom stereocenters. The predicted molar refractivity (Wildman–Crippen MR) is 138 cm³/mol. The fourth-order valence-corrected chi connectivity index (χ4v) is 4.51. The number of hydrogen-bond acceptors (Lipinski definition) is 3. The van der Waals surface area contributed by atoms with Gasteiger partial charge in [-0.25, -0.2) is 4.39 Å². The molecule has 4 rings (SSSR count). The first-order valence-electron chi connectivity index (χ1n) is 10.4. The minimum atomic E-state index is -0.407. The Balaban J connectivity index is 1.43. The second-order valence-corrected chi connectivity index (χ2v) is 9.36. The molecule has 0 saturated carbocycles. The fraction of sp³-hybridized carbons (Fsp3) is 0.120. The highest BCUT2D eigenvalue weighted by atomic mass is 35.5. The zero-order valence-electron chi connectivity index (χ0n) is 18.3. The summed E-state index contributed by atoms with van der Waals surface area (Å²) in [5.41, 5.74) is 2.69. The third-order valence-corrected chi connectivity index (χ3v) is 6.22. The molecule has 10 heteroatoms. The van der Waals surface area contributed by atoms with Crippen molar-refractivity contribution < 1.29 is 13.9 Å². The van der Waals surface area contributed by atoms with Crippen molar-refractivity contribution in [3.05, 3.63) is 109 Å². The summed E-state index contributed by atoms with van der Waals surface area (Å²) in [5, 5.41) is 8.53. The normalized spacial score (nSPS) is 10.9. The zero-order chi connectivity index (χ0) is 25.1. The number of ether oxygens (including phenoxy) is 1. The minimum absolute atomic E-state index is 0.147. The molecule has 1 amide bonds. The first-order valence-corrected chi connectivity index (χ1v) is 11.9. The molecule has 1 heterocycles. The number of aryl methyl sites for hydroxylation is 1. The molecule has 1 N–H and O–H groups in total. The van der Waals surface area contributed by atoms with Crippen LogP contribution in [-0.4, -0.2) is 15.7 Å². The van der Waals surface area contributed by atoms with Crippen molar-refractivity contribution in [2.45, 2.75) is 20.1 Å². The molecule has 0 spiro atoms. The number of aromatic nitrogens is 2. The number of hydrogen-bond donors (Lipinski definition) is 1. The number of nitrogens with one attached hydrogen (secondary N) is 1. The lowest BCUT2D eigenvalue weighted by Crippen LogP contribution is -2.13. The van der Waals surface area contributed by atoms with Crippen LogP contribution in [0.5, 0.6) is 5.75 Å². The van der Waals surface area contributed by atoms with Crippen molar-refractivity contribution in [3.63, 3.8) is 0 Å². The largest absolute Gasteiger partial charge is 0.486 e. The molecule has 0 aliphatic carbocycles. The van der Waals surface area contributed by atoms with Gasteiger partial charge in [-0.2, -0.15) is 5.10 Å². The van der Waals surface area contributed by atoms with Gasteiger partial charge in [-0.1, -0.05) is 64.6 Å². The quantitative estimate of drug-likeness (QED) is 0.254. The summed E-state index contributed by atoms with van der Waals surface area (Å²) in [6.07, 6.45) is 0. The number of carbonyl (C=O) groups excluding carboxylic acids is 1. The molecular formula is C25H18Cl4FN3O2. The van der Waals surface area contributed by atoms with Crippen LogP contribution >= 0.6 is 46.4 Å². The lowest BCUT2D eigenvalue weighted by atomic mass is 10.1. The standard InChI is InChI=1S/C25H18Cl4FN3O2/c1-14-7-23(32-33(14)12-17-5-6-19(30)11-20(17)27)31-25(34)16-4-2-3-15(8-16)13-35-24-21(28)9-18(26)10-22(24)29/h2-11H,12-13H2,1H3,(H,31,32,34). The maximum absolute atomic E-state index is 13.3. The topological polar surface area (TPSA) is 56.1 Å². The van der Waals surface area contributed by atoms with Gasteiger partial charge in [0.2, 0.25) is 0 Å². The van der Waals surface area contributed by atoms with E-state index in [0.717, 1.165) is 11.3 Å². The van der Waals surface area contributed by atoms with Gasteiger partial charge in [0.15, 0.2) is 11.6 Å². The number of halogens is 5. The van der Waals surface area contributed by atoms with E-state index in [1.165, 1.54) is 12.1 Å². The average Bonchev–Trinajstić information content (AvgIpc) is 3.13. The molecule has 0 atom stereocenters. The first kappa shape index (κ1) is 25.3. The number of anilines is 1. The van der Waals surface area contributed by atoms with Gasteiger partial charge in [0.25, 0.3) is 5.91 Å². The lowest BCUT2D eigenvalue weighted by Gasteiger charge is -2.11. The molecule has 0 aliphatic rings. The van der Waals surface area contributed by atoms with Crippen molar-refractivity contribution in [2.75, 3.05) is 5.32 Å². The van der Waals surface area contributed by atoms with Gasteiger partial charge in [0, 0.05) is 27.4 Å². The Labute approximate surface area is 221 Å². The van der Waals surface area contributed by atoms with Gasteiger partial charge in [-0.3, -0.25) is 9.48 Å². The van der Waals surface area contributed by atoms with Gasteiger partial charge in [0.1, 0.15) is 12.4 Å². The van der Waals surface area contributed by atoms with E-state index in [-0.39, 0.29) is 12.5 Å². The van der Waals surface area contributed by atoms with E-state index in [9.17, 15) is 9.18 Å². The second-order valence-electron chi connectivity index (χ2n) is 7.71. The highest BCUT2D eigenvalue weighted by molar-refractivity contribution is 6.40. The smallest absolute Gasteiger partial charge is 0.256 e. The summed E-state index contributed by atoms with van der Waals surface area (Å²) in [6.45, 7) is 2.34. The van der Waals surface area contributed by atoms with Crippen LogP contribution in [0.3, 0.4) is 0 Å². The van der Waals surface area contributed by atoms with E-state index in [4.69, 9.17) is 51.1 Å². The van der Waals surface area contributed by atoms with E-state index in [1.54, 1.807) is 47.1 Å². The molecule has 3 aromatic carbocycles. The van der Waals surface area contributed by atoms with Crippen molar-refractivity contribution in [3.8, 4) is 5.75 Å². The number of nitrogens with zero attached hydrogens (tertiary/aromatic N) is 2. The Morgan fingerprint density at radius 2 is 1.74 bits per heavy atom. The Morgan fingerprint density at radius 1 is 1.00 bits per heavy atom. The van der Waals surface area contributed by atoms with Crippen molar-refractivity contribution in [1.29, 1.82) is 0 Å². The van der Waals surface area contributed by atoms with E-state index in [0.29, 0.717) is 49.3 Å². The molecule has 4 aromatic rings. The summed E-state index contributed by atoms with van der Waals surface area (Å²) in [5.74, 6) is -0.0447. The Hall–Kier alpha value is -2.77. The highest BCUT2D eigenvalue weighted by Crippen LogP contribution is 2.36. The van der Waals surface area contributed by atoms with Gasteiger partial charge in [-0.05, 0) is 54.4 Å². The Morgan fingerprint density at radius 3 is 2.46 bits per heavy atom. The molecule has 1 aromatic heterocycles. The molecule has 0 radical (unpaired) electrons. The van der Waals surface area contributed by atoms with E-state index in [2.05, 4.69) is 10.4 Å². The molecule has 180 valence electrons. The van der Waals surface area contributed by atoms with Gasteiger partial charge in [-0.15, -0.1) is 0 Å². The third-order valence-electron chi connectivity index (χ3n) is 5.09. The van der Waals surface area contributed by atoms with Crippen LogP contribution < -0.4 is 10.1 Å². The second kappa shape index (κ2) is 10.9. The zero-order valence-corrected chi connectivity index (χ0v) is 21.3. The summed E-state index contributed by atoms with van der Waals surface area (Å²) in [7, 11) is 0. The summed E-state index contributed by atoms with van der Waals surface area (Å²) >= 11 is 24.4. The van der Waals surface area contributed by atoms with Crippen LogP contribution in [0.15, 0.2) is 60.7 Å². The van der Waals surface area contributed by atoms with Crippen LogP contribution in [-0.2, 0) is 13.2 Å². The van der Waals surface area contributed by atoms with Crippen molar-refractivity contribution in [1.82, 2.24) is 9.78 Å². The summed E-state index contributed by atoms with van der Waals surface area (Å²) in [6, 6.07) is 16.0. The number of amides is 1. The molecule has 0 aliphatic heterocycles. The summed E-state index contributed by atoms with van der Waals surface area (Å²) < 4.78 is 20.7. The molecule has 0 fully saturated rings. The van der Waals surface area contributed by atoms with Gasteiger partial charge < -0.3 is 10.1 Å². The maximum atomic E-state index is 13.3. The van der Waals surface area contributed by atoms with Crippen LogP contribution in [0.25, 0.3) is 0 Å². The Kier molecular flexibility index (Phi) is 7.87. The van der Waals surface area contributed by atoms with Crippen molar-refractivity contribution in [2.24, 2.45) is 0 Å². The SMILES string of the molecule is Cc1cc(NC(=O)c2cccc(COc3c(Cl)cc(Cl)cc3Cl)c2)nn1Cc1ccc(F)cc1Cl. The van der Waals surface area contributed by atoms with Gasteiger partial charge in [0.05, 0.1) is 16.6 Å². The minimum Gasteiger partial charge on any atom is -0.486 e. The fourth-order valence-electron chi connectivity index (χ4n) is 3.36. The van der Waals surface area contributed by atoms with Crippen molar-refractivity contribution >= 4 is 58.1 Å². The van der Waals surface area contributed by atoms with E-state index < -0.39 is 5.82 Å². The molecular weight excluding hydrogens is 535 g/mol. The predicted octanol–water partition coefficient (Wildman–Crippen LogP) is 7.82. The monoisotopic (exact) mass is 551 g/mol. The molecule has 0 saturated heterocycles. The number of rotatable bonds is 7. The average molecular weight is 553 g/mol. The van der Waals surface area contributed by atoms with Crippen LogP contribution in [0.4, 0.5) is 10.2 Å².